The third-order valence-electron chi connectivity index (χ3n) is 3.38. The van der Waals surface area contributed by atoms with Crippen molar-refractivity contribution in [2.45, 2.75) is 31.7 Å². The summed E-state index contributed by atoms with van der Waals surface area (Å²) in [5, 5.41) is 4.47. The summed E-state index contributed by atoms with van der Waals surface area (Å²) >= 11 is 1.77. The number of nitrogens with zero attached hydrogens (tertiary/aromatic N) is 1. The summed E-state index contributed by atoms with van der Waals surface area (Å²) in [5.74, 6) is 1.94. The number of hydrogen-bond acceptors (Lipinski definition) is 4. The van der Waals surface area contributed by atoms with Gasteiger partial charge in [0, 0.05) is 18.3 Å². The lowest BCUT2D eigenvalue weighted by molar-refractivity contribution is 0.311. The van der Waals surface area contributed by atoms with Crippen LogP contribution in [-0.2, 0) is 10.0 Å². The Bertz CT molecular complexity index is 409. The molecule has 0 bridgehead atoms. The number of rotatable bonds is 4. The zero-order valence-electron chi connectivity index (χ0n) is 10.7. The molecule has 2 atom stereocenters. The molecule has 2 unspecified atom stereocenters. The molecule has 5 nitrogen and oxygen atoms in total. The third kappa shape index (κ3) is 4.44. The van der Waals surface area contributed by atoms with Gasteiger partial charge in [-0.05, 0) is 18.8 Å². The van der Waals surface area contributed by atoms with E-state index in [1.54, 1.807) is 11.8 Å². The predicted molar refractivity (Wildman–Crippen MR) is 76.5 cm³/mol. The molecular weight excluding hydrogens is 270 g/mol. The Labute approximate surface area is 113 Å². The lowest BCUT2D eigenvalue weighted by atomic mass is 9.86. The molecule has 0 spiro atoms. The maximum atomic E-state index is 10.9. The molecule has 1 heterocycles. The number of sulfonamides is 1. The van der Waals surface area contributed by atoms with Gasteiger partial charge in [-0.1, -0.05) is 24.6 Å². The van der Waals surface area contributed by atoms with Gasteiger partial charge in [-0.2, -0.15) is 0 Å². The summed E-state index contributed by atoms with van der Waals surface area (Å²) in [6.07, 6.45) is 6.40. The van der Waals surface area contributed by atoms with E-state index in [1.165, 1.54) is 31.9 Å². The van der Waals surface area contributed by atoms with Gasteiger partial charge >= 0.3 is 0 Å². The molecule has 0 aromatic carbocycles. The van der Waals surface area contributed by atoms with Crippen molar-refractivity contribution in [3.05, 3.63) is 0 Å². The molecule has 2 fully saturated rings. The molecule has 1 aliphatic heterocycles. The van der Waals surface area contributed by atoms with E-state index >= 15 is 0 Å². The second kappa shape index (κ2) is 6.25. The summed E-state index contributed by atoms with van der Waals surface area (Å²) in [6, 6.07) is 0.585. The minimum Gasteiger partial charge on any atom is -0.362 e. The quantitative estimate of drug-likeness (QED) is 0.751. The molecule has 2 N–H and O–H groups in total. The maximum Gasteiger partial charge on any atom is 0.208 e. The van der Waals surface area contributed by atoms with E-state index in [2.05, 4.69) is 15.0 Å². The van der Waals surface area contributed by atoms with Crippen molar-refractivity contribution in [3.8, 4) is 0 Å². The second-order valence-electron chi connectivity index (χ2n) is 4.96. The molecule has 0 amide bonds. The number of nitrogens with one attached hydrogen (secondary N) is 2. The molecule has 1 saturated heterocycles. The fourth-order valence-corrected chi connectivity index (χ4v) is 4.11. The second-order valence-corrected chi connectivity index (χ2v) is 7.80. The Hall–Kier alpha value is -0.270. The Morgan fingerprint density at radius 3 is 3.00 bits per heavy atom. The number of hydrogen-bond donors (Lipinski definition) is 2. The molecule has 0 aromatic rings. The molecule has 1 saturated carbocycles. The summed E-state index contributed by atoms with van der Waals surface area (Å²) in [4.78, 5) is 4.42. The molecular formula is C11H21N3O2S2. The summed E-state index contributed by atoms with van der Waals surface area (Å²) < 4.78 is 24.2. The Balaban J connectivity index is 1.76. The van der Waals surface area contributed by atoms with E-state index in [4.69, 9.17) is 0 Å². The Morgan fingerprint density at radius 2 is 2.22 bits per heavy atom. The first kappa shape index (κ1) is 14.1. The van der Waals surface area contributed by atoms with Gasteiger partial charge in [0.15, 0.2) is 5.17 Å². The van der Waals surface area contributed by atoms with E-state index in [1.807, 2.05) is 0 Å². The molecule has 2 aliphatic rings. The summed E-state index contributed by atoms with van der Waals surface area (Å²) in [6.45, 7) is 0.873. The average molecular weight is 291 g/mol. The van der Waals surface area contributed by atoms with Crippen LogP contribution in [-0.4, -0.2) is 44.7 Å². The smallest absolute Gasteiger partial charge is 0.208 e. The van der Waals surface area contributed by atoms with Crippen LogP contribution in [0.2, 0.25) is 0 Å². The van der Waals surface area contributed by atoms with E-state index in [0.29, 0.717) is 19.1 Å². The van der Waals surface area contributed by atoms with E-state index in [9.17, 15) is 8.42 Å². The monoisotopic (exact) mass is 291 g/mol. The molecule has 0 radical (unpaired) electrons. The maximum absolute atomic E-state index is 10.9. The average Bonchev–Trinajstić information content (AvgIpc) is 2.33. The van der Waals surface area contributed by atoms with Gasteiger partial charge in [0.2, 0.25) is 10.0 Å². The van der Waals surface area contributed by atoms with E-state index in [-0.39, 0.29) is 0 Å². The third-order valence-corrected chi connectivity index (χ3v) is 5.23. The zero-order chi connectivity index (χ0) is 13.0. The predicted octanol–water partition coefficient (Wildman–Crippen LogP) is 0.787. The van der Waals surface area contributed by atoms with Crippen LogP contribution >= 0.6 is 11.8 Å². The van der Waals surface area contributed by atoms with Gasteiger partial charge in [0.1, 0.15) is 0 Å². The zero-order valence-corrected chi connectivity index (χ0v) is 12.3. The Kier molecular flexibility index (Phi) is 4.91. The highest BCUT2D eigenvalue weighted by molar-refractivity contribution is 8.13. The van der Waals surface area contributed by atoms with E-state index < -0.39 is 10.0 Å². The van der Waals surface area contributed by atoms with Crippen molar-refractivity contribution >= 4 is 27.0 Å². The highest BCUT2D eigenvalue weighted by atomic mass is 32.2. The van der Waals surface area contributed by atoms with Crippen LogP contribution < -0.4 is 10.0 Å². The SMILES string of the molecule is CS(=O)(=O)NCCN=C1NC2CCCCC2CS1. The van der Waals surface area contributed by atoms with Crippen LogP contribution in [0.3, 0.4) is 0 Å². The first-order valence-corrected chi connectivity index (χ1v) is 9.31. The largest absolute Gasteiger partial charge is 0.362 e. The van der Waals surface area contributed by atoms with Crippen molar-refractivity contribution in [1.82, 2.24) is 10.0 Å². The lowest BCUT2D eigenvalue weighted by Crippen LogP contribution is -2.46. The van der Waals surface area contributed by atoms with Gasteiger partial charge in [-0.25, -0.2) is 13.1 Å². The highest BCUT2D eigenvalue weighted by Crippen LogP contribution is 2.31. The van der Waals surface area contributed by atoms with Crippen LogP contribution in [0.5, 0.6) is 0 Å². The van der Waals surface area contributed by atoms with Gasteiger partial charge in [-0.3, -0.25) is 4.99 Å². The summed E-state index contributed by atoms with van der Waals surface area (Å²) in [7, 11) is -3.09. The van der Waals surface area contributed by atoms with Crippen molar-refractivity contribution in [1.29, 1.82) is 0 Å². The fourth-order valence-electron chi connectivity index (χ4n) is 2.46. The fraction of sp³-hybridized carbons (Fsp3) is 0.909. The van der Waals surface area contributed by atoms with Gasteiger partial charge in [0.05, 0.1) is 12.8 Å². The minimum absolute atomic E-state index is 0.374. The first-order chi connectivity index (χ1) is 8.54. The molecule has 0 aromatic heterocycles. The van der Waals surface area contributed by atoms with Crippen LogP contribution in [0, 0.1) is 5.92 Å². The van der Waals surface area contributed by atoms with Crippen LogP contribution in [0.1, 0.15) is 25.7 Å². The van der Waals surface area contributed by atoms with E-state index in [0.717, 1.165) is 16.8 Å². The number of thioether (sulfide) groups is 1. The lowest BCUT2D eigenvalue weighted by Gasteiger charge is -2.36. The van der Waals surface area contributed by atoms with Crippen molar-refractivity contribution in [2.24, 2.45) is 10.9 Å². The van der Waals surface area contributed by atoms with Gasteiger partial charge < -0.3 is 5.32 Å². The number of amidine groups is 1. The number of fused-ring (bicyclic) bond motifs is 1. The van der Waals surface area contributed by atoms with Crippen LogP contribution in [0.15, 0.2) is 4.99 Å². The van der Waals surface area contributed by atoms with Gasteiger partial charge in [0.25, 0.3) is 0 Å². The first-order valence-electron chi connectivity index (χ1n) is 6.43. The van der Waals surface area contributed by atoms with Crippen LogP contribution in [0.4, 0.5) is 0 Å². The number of aliphatic imine (C=N–C) groups is 1. The molecule has 18 heavy (non-hydrogen) atoms. The van der Waals surface area contributed by atoms with Crippen molar-refractivity contribution < 1.29 is 8.42 Å². The topological polar surface area (TPSA) is 70.6 Å². The minimum atomic E-state index is -3.09. The molecule has 104 valence electrons. The highest BCUT2D eigenvalue weighted by Gasteiger charge is 2.29. The molecule has 2 rings (SSSR count). The molecule has 1 aliphatic carbocycles. The van der Waals surface area contributed by atoms with Crippen LogP contribution in [0.25, 0.3) is 0 Å². The van der Waals surface area contributed by atoms with Crippen molar-refractivity contribution in [3.63, 3.8) is 0 Å². The summed E-state index contributed by atoms with van der Waals surface area (Å²) in [5.41, 5.74) is 0. The normalized spacial score (nSPS) is 30.8. The Morgan fingerprint density at radius 1 is 1.44 bits per heavy atom. The van der Waals surface area contributed by atoms with Crippen molar-refractivity contribution in [2.75, 3.05) is 25.1 Å². The standard InChI is InChI=1S/C11H21N3O2S2/c1-18(15,16)13-7-6-12-11-14-10-5-3-2-4-9(10)8-17-11/h9-10,13H,2-8H2,1H3,(H,12,14). The van der Waals surface area contributed by atoms with Gasteiger partial charge in [-0.15, -0.1) is 0 Å². The molecule has 7 heteroatoms.